The van der Waals surface area contributed by atoms with Gasteiger partial charge in [-0.3, -0.25) is 14.6 Å². The van der Waals surface area contributed by atoms with Crippen molar-refractivity contribution in [1.29, 1.82) is 0 Å². The highest BCUT2D eigenvalue weighted by Gasteiger charge is 2.13. The number of aryl methyl sites for hydroxylation is 1. The molecule has 0 aliphatic heterocycles. The molecule has 1 N–H and O–H groups in total. The van der Waals surface area contributed by atoms with Gasteiger partial charge in [0, 0.05) is 43.9 Å². The van der Waals surface area contributed by atoms with Gasteiger partial charge in [-0.1, -0.05) is 6.07 Å². The molecule has 0 unspecified atom stereocenters. The Balaban J connectivity index is 1.69. The summed E-state index contributed by atoms with van der Waals surface area (Å²) in [6.45, 7) is 0.164. The van der Waals surface area contributed by atoms with E-state index in [-0.39, 0.29) is 11.4 Å². The minimum Gasteiger partial charge on any atom is -0.275 e. The van der Waals surface area contributed by atoms with Crippen LogP contribution in [0.1, 0.15) is 5.56 Å². The number of sulfonamides is 1. The predicted molar refractivity (Wildman–Crippen MR) is 84.7 cm³/mol. The first-order chi connectivity index (χ1) is 11.0. The maximum atomic E-state index is 12.1. The van der Waals surface area contributed by atoms with Crippen molar-refractivity contribution in [2.45, 2.75) is 11.4 Å². The molecule has 7 nitrogen and oxygen atoms in total. The van der Waals surface area contributed by atoms with Crippen molar-refractivity contribution < 1.29 is 8.42 Å². The molecule has 0 radical (unpaired) electrons. The predicted octanol–water partition coefficient (Wildman–Crippen LogP) is 1.36. The van der Waals surface area contributed by atoms with Gasteiger partial charge >= 0.3 is 0 Å². The summed E-state index contributed by atoms with van der Waals surface area (Å²) < 4.78 is 28.5. The van der Waals surface area contributed by atoms with E-state index in [2.05, 4.69) is 19.8 Å². The highest BCUT2D eigenvalue weighted by atomic mass is 32.2. The standard InChI is InChI=1S/C15H15N5O2S/c1-20-11-13(9-18-20)15-5-4-12(7-17-15)8-19-23(21,22)14-3-2-6-16-10-14/h2-7,9-11,19H,8H2,1H3. The number of hydrogen-bond donors (Lipinski definition) is 1. The molecule has 118 valence electrons. The molecule has 3 rings (SSSR count). The molecule has 0 saturated carbocycles. The van der Waals surface area contributed by atoms with Crippen LogP contribution in [0.3, 0.4) is 0 Å². The van der Waals surface area contributed by atoms with Crippen LogP contribution in [0.25, 0.3) is 11.3 Å². The van der Waals surface area contributed by atoms with E-state index in [4.69, 9.17) is 0 Å². The summed E-state index contributed by atoms with van der Waals surface area (Å²) in [5.74, 6) is 0. The lowest BCUT2D eigenvalue weighted by Gasteiger charge is -2.06. The highest BCUT2D eigenvalue weighted by molar-refractivity contribution is 7.89. The highest BCUT2D eigenvalue weighted by Crippen LogP contribution is 2.16. The van der Waals surface area contributed by atoms with Crippen LogP contribution in [0, 0.1) is 0 Å². The molecule has 3 aromatic rings. The third-order valence-corrected chi connectivity index (χ3v) is 4.62. The Labute approximate surface area is 134 Å². The fourth-order valence-corrected chi connectivity index (χ4v) is 3.00. The van der Waals surface area contributed by atoms with Gasteiger partial charge in [-0.15, -0.1) is 0 Å². The Hall–Kier alpha value is -2.58. The zero-order chi connectivity index (χ0) is 16.3. The van der Waals surface area contributed by atoms with Gasteiger partial charge in [-0.25, -0.2) is 13.1 Å². The van der Waals surface area contributed by atoms with Gasteiger partial charge in [-0.05, 0) is 23.8 Å². The smallest absolute Gasteiger partial charge is 0.242 e. The second kappa shape index (κ2) is 6.27. The van der Waals surface area contributed by atoms with Crippen LogP contribution in [0.2, 0.25) is 0 Å². The molecule has 0 saturated heterocycles. The molecule has 0 bridgehead atoms. The molecular formula is C15H15N5O2S. The van der Waals surface area contributed by atoms with Gasteiger partial charge < -0.3 is 0 Å². The lowest BCUT2D eigenvalue weighted by Crippen LogP contribution is -2.23. The summed E-state index contributed by atoms with van der Waals surface area (Å²) in [5, 5.41) is 4.10. The summed E-state index contributed by atoms with van der Waals surface area (Å²) in [5.41, 5.74) is 2.47. The average molecular weight is 329 g/mol. The van der Waals surface area contributed by atoms with Crippen LogP contribution >= 0.6 is 0 Å². The lowest BCUT2D eigenvalue weighted by molar-refractivity contribution is 0.581. The summed E-state index contributed by atoms with van der Waals surface area (Å²) >= 11 is 0. The number of nitrogens with zero attached hydrogens (tertiary/aromatic N) is 4. The first-order valence-corrected chi connectivity index (χ1v) is 8.36. The van der Waals surface area contributed by atoms with E-state index in [1.54, 1.807) is 23.1 Å². The maximum absolute atomic E-state index is 12.1. The Morgan fingerprint density at radius 3 is 2.65 bits per heavy atom. The second-order valence-electron chi connectivity index (χ2n) is 4.97. The Kier molecular flexibility index (Phi) is 4.18. The molecule has 3 aromatic heterocycles. The Morgan fingerprint density at radius 1 is 1.17 bits per heavy atom. The van der Waals surface area contributed by atoms with E-state index in [1.165, 1.54) is 18.5 Å². The quantitative estimate of drug-likeness (QED) is 0.763. The number of rotatable bonds is 5. The average Bonchev–Trinajstić information content (AvgIpc) is 3.01. The van der Waals surface area contributed by atoms with Crippen molar-refractivity contribution in [3.63, 3.8) is 0 Å². The molecule has 0 atom stereocenters. The monoisotopic (exact) mass is 329 g/mol. The Morgan fingerprint density at radius 2 is 2.04 bits per heavy atom. The SMILES string of the molecule is Cn1cc(-c2ccc(CNS(=O)(=O)c3cccnc3)cn2)cn1. The summed E-state index contributed by atoms with van der Waals surface area (Å²) in [6, 6.07) is 6.75. The van der Waals surface area contributed by atoms with E-state index in [1.807, 2.05) is 25.4 Å². The molecule has 0 amide bonds. The molecule has 3 heterocycles. The van der Waals surface area contributed by atoms with E-state index in [0.717, 1.165) is 16.8 Å². The first-order valence-electron chi connectivity index (χ1n) is 6.88. The minimum atomic E-state index is -3.57. The van der Waals surface area contributed by atoms with Crippen molar-refractivity contribution in [1.82, 2.24) is 24.5 Å². The van der Waals surface area contributed by atoms with Crippen LogP contribution in [0.4, 0.5) is 0 Å². The van der Waals surface area contributed by atoms with Gasteiger partial charge in [0.25, 0.3) is 0 Å². The van der Waals surface area contributed by atoms with Crippen molar-refractivity contribution in [2.75, 3.05) is 0 Å². The lowest BCUT2D eigenvalue weighted by atomic mass is 10.2. The molecular weight excluding hydrogens is 314 g/mol. The van der Waals surface area contributed by atoms with Crippen LogP contribution in [-0.2, 0) is 23.6 Å². The molecule has 0 fully saturated rings. The molecule has 23 heavy (non-hydrogen) atoms. The van der Waals surface area contributed by atoms with Gasteiger partial charge in [0.15, 0.2) is 0 Å². The van der Waals surface area contributed by atoms with E-state index in [9.17, 15) is 8.42 Å². The molecule has 0 aliphatic rings. The molecule has 0 spiro atoms. The third kappa shape index (κ3) is 3.61. The van der Waals surface area contributed by atoms with Gasteiger partial charge in [0.2, 0.25) is 10.0 Å². The topological polar surface area (TPSA) is 89.8 Å². The van der Waals surface area contributed by atoms with Crippen LogP contribution in [0.5, 0.6) is 0 Å². The van der Waals surface area contributed by atoms with E-state index >= 15 is 0 Å². The molecule has 0 aliphatic carbocycles. The minimum absolute atomic E-state index is 0.139. The van der Waals surface area contributed by atoms with Gasteiger partial charge in [0.1, 0.15) is 4.90 Å². The van der Waals surface area contributed by atoms with Gasteiger partial charge in [0.05, 0.1) is 11.9 Å². The van der Waals surface area contributed by atoms with Crippen molar-refractivity contribution >= 4 is 10.0 Å². The number of pyridine rings is 2. The first kappa shape index (κ1) is 15.3. The summed E-state index contributed by atoms with van der Waals surface area (Å²) in [6.07, 6.45) is 8.08. The molecule has 8 heteroatoms. The van der Waals surface area contributed by atoms with Crippen LogP contribution < -0.4 is 4.72 Å². The number of hydrogen-bond acceptors (Lipinski definition) is 5. The van der Waals surface area contributed by atoms with Crippen LogP contribution in [0.15, 0.2) is 60.1 Å². The second-order valence-corrected chi connectivity index (χ2v) is 6.73. The summed E-state index contributed by atoms with van der Waals surface area (Å²) in [4.78, 5) is 8.29. The number of nitrogens with one attached hydrogen (secondary N) is 1. The van der Waals surface area contributed by atoms with Gasteiger partial charge in [-0.2, -0.15) is 5.10 Å². The fourth-order valence-electron chi connectivity index (χ4n) is 2.02. The third-order valence-electron chi connectivity index (χ3n) is 3.24. The van der Waals surface area contributed by atoms with E-state index in [0.29, 0.717) is 0 Å². The largest absolute Gasteiger partial charge is 0.275 e. The fraction of sp³-hybridized carbons (Fsp3) is 0.133. The van der Waals surface area contributed by atoms with E-state index < -0.39 is 10.0 Å². The van der Waals surface area contributed by atoms with Crippen molar-refractivity contribution in [2.24, 2.45) is 7.05 Å². The maximum Gasteiger partial charge on any atom is 0.242 e. The van der Waals surface area contributed by atoms with Crippen molar-refractivity contribution in [3.05, 3.63) is 60.8 Å². The zero-order valence-corrected chi connectivity index (χ0v) is 13.2. The van der Waals surface area contributed by atoms with Crippen molar-refractivity contribution in [3.8, 4) is 11.3 Å². The molecule has 0 aromatic carbocycles. The summed E-state index contributed by atoms with van der Waals surface area (Å²) in [7, 11) is -1.73. The normalized spacial score (nSPS) is 11.5. The van der Waals surface area contributed by atoms with Crippen LogP contribution in [-0.4, -0.2) is 28.2 Å². The number of aromatic nitrogens is 4. The Bertz CT molecular complexity index is 889. The zero-order valence-electron chi connectivity index (χ0n) is 12.4.